The summed E-state index contributed by atoms with van der Waals surface area (Å²) in [6, 6.07) is 15.4. The first-order valence-corrected chi connectivity index (χ1v) is 11.2. The quantitative estimate of drug-likeness (QED) is 0.632. The van der Waals surface area contributed by atoms with Crippen LogP contribution in [-0.2, 0) is 20.7 Å². The van der Waals surface area contributed by atoms with Gasteiger partial charge in [-0.25, -0.2) is 4.79 Å². The van der Waals surface area contributed by atoms with Gasteiger partial charge in [0.1, 0.15) is 0 Å². The maximum atomic E-state index is 13.4. The van der Waals surface area contributed by atoms with Gasteiger partial charge in [-0.2, -0.15) is 0 Å². The highest BCUT2D eigenvalue weighted by atomic mass is 16.5. The maximum absolute atomic E-state index is 13.4. The van der Waals surface area contributed by atoms with E-state index in [2.05, 4.69) is 5.32 Å². The number of Topliss-reactive ketones (excluding diaryl/α,β-unsaturated/α-hetero) is 1. The molecule has 1 N–H and O–H groups in total. The summed E-state index contributed by atoms with van der Waals surface area (Å²) >= 11 is 0. The molecule has 6 heteroatoms. The van der Waals surface area contributed by atoms with E-state index in [-0.39, 0.29) is 12.4 Å². The van der Waals surface area contributed by atoms with Crippen LogP contribution in [-0.4, -0.2) is 32.6 Å². The van der Waals surface area contributed by atoms with Crippen molar-refractivity contribution in [2.24, 2.45) is 0 Å². The molecule has 6 nitrogen and oxygen atoms in total. The van der Waals surface area contributed by atoms with Gasteiger partial charge in [0.15, 0.2) is 17.3 Å². The normalized spacial score (nSPS) is 17.9. The Morgan fingerprint density at radius 1 is 1.03 bits per heavy atom. The molecule has 0 saturated heterocycles. The molecule has 1 aliphatic carbocycles. The minimum Gasteiger partial charge on any atom is -0.493 e. The number of benzene rings is 2. The summed E-state index contributed by atoms with van der Waals surface area (Å²) < 4.78 is 16.9. The number of ketones is 1. The fraction of sp³-hybridized carbons (Fsp3) is 0.333. The van der Waals surface area contributed by atoms with Crippen molar-refractivity contribution >= 4 is 11.8 Å². The number of hydrogen-bond acceptors (Lipinski definition) is 6. The van der Waals surface area contributed by atoms with Crippen molar-refractivity contribution in [1.82, 2.24) is 5.32 Å². The number of nitrogens with one attached hydrogen (secondary N) is 1. The third-order valence-electron chi connectivity index (χ3n) is 6.21. The first-order valence-electron chi connectivity index (χ1n) is 11.2. The summed E-state index contributed by atoms with van der Waals surface area (Å²) in [6.07, 6.45) is 2.62. The van der Waals surface area contributed by atoms with Gasteiger partial charge in [0.2, 0.25) is 0 Å². The fourth-order valence-corrected chi connectivity index (χ4v) is 4.69. The van der Waals surface area contributed by atoms with E-state index in [1.165, 1.54) is 0 Å². The molecule has 0 unspecified atom stereocenters. The van der Waals surface area contributed by atoms with Gasteiger partial charge in [-0.15, -0.1) is 0 Å². The largest absolute Gasteiger partial charge is 0.493 e. The standard InChI is InChI=1S/C27H29NO5/c1-17-23(27(30)33-16-15-18-9-5-4-6-10-18)24(25-20(28-17)12-8-13-21(25)29)19-11-7-14-22(31-2)26(19)32-3/h4-7,9-11,14,24,28H,8,12-13,15-16H2,1-3H3/t24-/m0/s1. The molecule has 0 spiro atoms. The number of methoxy groups -OCH3 is 2. The average Bonchev–Trinajstić information content (AvgIpc) is 2.83. The predicted molar refractivity (Wildman–Crippen MR) is 125 cm³/mol. The van der Waals surface area contributed by atoms with E-state index in [1.807, 2.05) is 49.4 Å². The second-order valence-corrected chi connectivity index (χ2v) is 8.22. The number of dihydropyridines is 1. The molecule has 1 heterocycles. The molecule has 2 aromatic rings. The molecule has 172 valence electrons. The summed E-state index contributed by atoms with van der Waals surface area (Å²) in [7, 11) is 3.13. The van der Waals surface area contributed by atoms with E-state index < -0.39 is 11.9 Å². The Kier molecular flexibility index (Phi) is 6.82. The molecule has 2 aromatic carbocycles. The third kappa shape index (κ3) is 4.51. The number of allylic oxidation sites excluding steroid dienone is 3. The smallest absolute Gasteiger partial charge is 0.336 e. The molecule has 0 amide bonds. The number of carbonyl (C=O) groups is 2. The Balaban J connectivity index is 1.72. The second-order valence-electron chi connectivity index (χ2n) is 8.22. The SMILES string of the molecule is COc1cccc([C@H]2C(C(=O)OCCc3ccccc3)=C(C)NC3=C2C(=O)CCC3)c1OC. The average molecular weight is 448 g/mol. The van der Waals surface area contributed by atoms with Gasteiger partial charge in [-0.05, 0) is 31.4 Å². The lowest BCUT2D eigenvalue weighted by Gasteiger charge is -2.34. The predicted octanol–water partition coefficient (Wildman–Crippen LogP) is 4.46. The van der Waals surface area contributed by atoms with Crippen LogP contribution in [0.15, 0.2) is 71.1 Å². The van der Waals surface area contributed by atoms with Crippen LogP contribution in [0.25, 0.3) is 0 Å². The summed E-state index contributed by atoms with van der Waals surface area (Å²) in [6.45, 7) is 2.11. The fourth-order valence-electron chi connectivity index (χ4n) is 4.69. The lowest BCUT2D eigenvalue weighted by Crippen LogP contribution is -2.34. The first-order chi connectivity index (χ1) is 16.0. The molecular weight excluding hydrogens is 418 g/mol. The minimum absolute atomic E-state index is 0.0423. The zero-order valence-corrected chi connectivity index (χ0v) is 19.3. The topological polar surface area (TPSA) is 73.9 Å². The van der Waals surface area contributed by atoms with Crippen LogP contribution in [0.2, 0.25) is 0 Å². The molecule has 2 aliphatic rings. The van der Waals surface area contributed by atoms with Gasteiger partial charge in [-0.3, -0.25) is 4.79 Å². The molecule has 0 radical (unpaired) electrons. The number of carbonyl (C=O) groups excluding carboxylic acids is 2. The van der Waals surface area contributed by atoms with E-state index in [4.69, 9.17) is 14.2 Å². The lowest BCUT2D eigenvalue weighted by molar-refractivity contribution is -0.139. The Hall–Kier alpha value is -3.54. The van der Waals surface area contributed by atoms with Crippen molar-refractivity contribution in [3.63, 3.8) is 0 Å². The van der Waals surface area contributed by atoms with Gasteiger partial charge in [-0.1, -0.05) is 42.5 Å². The maximum Gasteiger partial charge on any atom is 0.336 e. The van der Waals surface area contributed by atoms with Crippen molar-refractivity contribution in [3.05, 3.63) is 82.2 Å². The van der Waals surface area contributed by atoms with Crippen LogP contribution in [0.3, 0.4) is 0 Å². The molecule has 0 aromatic heterocycles. The second kappa shape index (κ2) is 9.94. The number of esters is 1. The number of ether oxygens (including phenoxy) is 3. The number of rotatable bonds is 7. The van der Waals surface area contributed by atoms with Gasteiger partial charge < -0.3 is 19.5 Å². The molecule has 0 fully saturated rings. The van der Waals surface area contributed by atoms with Crippen LogP contribution < -0.4 is 14.8 Å². The first kappa shape index (κ1) is 22.6. The summed E-state index contributed by atoms with van der Waals surface area (Å²) in [4.78, 5) is 26.5. The molecule has 0 saturated carbocycles. The third-order valence-corrected chi connectivity index (χ3v) is 6.21. The minimum atomic E-state index is -0.580. The van der Waals surface area contributed by atoms with Crippen LogP contribution in [0.5, 0.6) is 11.5 Å². The highest BCUT2D eigenvalue weighted by Gasteiger charge is 2.40. The van der Waals surface area contributed by atoms with E-state index in [1.54, 1.807) is 20.3 Å². The summed E-state index contributed by atoms with van der Waals surface area (Å²) in [5, 5.41) is 3.32. The molecule has 0 bridgehead atoms. The van der Waals surface area contributed by atoms with Gasteiger partial charge in [0.25, 0.3) is 0 Å². The van der Waals surface area contributed by atoms with Crippen molar-refractivity contribution in [2.75, 3.05) is 20.8 Å². The van der Waals surface area contributed by atoms with Gasteiger partial charge >= 0.3 is 5.97 Å². The van der Waals surface area contributed by atoms with Crippen LogP contribution in [0, 0.1) is 0 Å². The van der Waals surface area contributed by atoms with Crippen molar-refractivity contribution in [3.8, 4) is 11.5 Å². The van der Waals surface area contributed by atoms with E-state index >= 15 is 0 Å². The molecule has 4 rings (SSSR count). The monoisotopic (exact) mass is 447 g/mol. The van der Waals surface area contributed by atoms with E-state index in [0.29, 0.717) is 41.2 Å². The Labute approximate surface area is 194 Å². The summed E-state index contributed by atoms with van der Waals surface area (Å²) in [5.41, 5.74) is 4.44. The van der Waals surface area contributed by atoms with Crippen LogP contribution in [0.4, 0.5) is 0 Å². The van der Waals surface area contributed by atoms with Gasteiger partial charge in [0.05, 0.1) is 32.3 Å². The molecule has 1 atom stereocenters. The zero-order valence-electron chi connectivity index (χ0n) is 19.3. The number of hydrogen-bond donors (Lipinski definition) is 1. The van der Waals surface area contributed by atoms with E-state index in [9.17, 15) is 9.59 Å². The van der Waals surface area contributed by atoms with Crippen LogP contribution in [0.1, 0.15) is 43.2 Å². The van der Waals surface area contributed by atoms with Crippen molar-refractivity contribution in [2.45, 2.75) is 38.5 Å². The van der Waals surface area contributed by atoms with E-state index in [0.717, 1.165) is 29.7 Å². The Bertz CT molecular complexity index is 1120. The molecule has 1 aliphatic heterocycles. The lowest BCUT2D eigenvalue weighted by atomic mass is 9.75. The van der Waals surface area contributed by atoms with Crippen LogP contribution >= 0.6 is 0 Å². The Morgan fingerprint density at radius 2 is 1.82 bits per heavy atom. The number of para-hydroxylation sites is 1. The Morgan fingerprint density at radius 3 is 2.55 bits per heavy atom. The highest BCUT2D eigenvalue weighted by Crippen LogP contribution is 2.47. The van der Waals surface area contributed by atoms with Crippen molar-refractivity contribution < 1.29 is 23.8 Å². The summed E-state index contributed by atoms with van der Waals surface area (Å²) in [5.74, 6) is 0.0904. The highest BCUT2D eigenvalue weighted by molar-refractivity contribution is 6.04. The van der Waals surface area contributed by atoms with Crippen molar-refractivity contribution in [1.29, 1.82) is 0 Å². The van der Waals surface area contributed by atoms with Gasteiger partial charge in [0, 0.05) is 35.4 Å². The zero-order chi connectivity index (χ0) is 23.4. The molecular formula is C27H29NO5. The molecule has 33 heavy (non-hydrogen) atoms.